The topological polar surface area (TPSA) is 170 Å². The number of H-pyrrole nitrogens is 2. The van der Waals surface area contributed by atoms with Gasteiger partial charge >= 0.3 is 0 Å². The van der Waals surface area contributed by atoms with Crippen molar-refractivity contribution in [2.75, 3.05) is 18.4 Å². The molecule has 0 spiro atoms. The van der Waals surface area contributed by atoms with E-state index in [1.165, 1.54) is 38.5 Å². The molecule has 12 heteroatoms. The number of aromatic amines is 2. The average Bonchev–Trinajstić information content (AvgIpc) is 3.80. The molecule has 1 atom stereocenters. The summed E-state index contributed by atoms with van der Waals surface area (Å²) in [5.74, 6) is 1.07. The van der Waals surface area contributed by atoms with Crippen molar-refractivity contribution in [3.63, 3.8) is 0 Å². The van der Waals surface area contributed by atoms with E-state index in [1.807, 2.05) is 36.4 Å². The molecule has 1 unspecified atom stereocenters. The number of nitrogens with one attached hydrogen (secondary N) is 5. The van der Waals surface area contributed by atoms with Crippen molar-refractivity contribution >= 4 is 34.4 Å². The van der Waals surface area contributed by atoms with E-state index in [2.05, 4.69) is 46.5 Å². The second kappa shape index (κ2) is 12.3. The third-order valence-electron chi connectivity index (χ3n) is 10.6. The minimum atomic E-state index is -0.715. The van der Waals surface area contributed by atoms with Crippen LogP contribution in [0.4, 0.5) is 5.69 Å². The molecule has 3 amide bonds. The molecule has 4 aliphatic rings. The number of fused-ring (bicyclic) bond motifs is 1. The first-order valence-corrected chi connectivity index (χ1v) is 16.6. The fourth-order valence-electron chi connectivity index (χ4n) is 8.82. The smallest absolute Gasteiger partial charge is 0.252 e. The maximum absolute atomic E-state index is 13.9. The van der Waals surface area contributed by atoms with Crippen molar-refractivity contribution in [2.24, 2.45) is 23.2 Å². The van der Waals surface area contributed by atoms with Crippen LogP contribution in [-0.2, 0) is 4.79 Å². The second-order valence-electron chi connectivity index (χ2n) is 13.9. The van der Waals surface area contributed by atoms with Crippen molar-refractivity contribution in [3.8, 4) is 11.4 Å². The number of rotatable bonds is 10. The minimum Gasteiger partial charge on any atom is -0.351 e. The fourth-order valence-corrected chi connectivity index (χ4v) is 8.82. The molecular weight excluding hydrogens is 606 g/mol. The standard InChI is InChI=1S/C36H37N9O3/c46-33(37-18-29(24-5-2-1-3-6-24)35(48)41-26-8-4-7-25(12-26)32-42-44-45-43-32)27-13-30-31(40-20-39-30)14-28(27)34(47)38-19-36-15-21-9-22(16-36)11-23(10-21)17-36/h1-8,12-14,20-23,29H,9-11,15-19H2,(H,37,46)(H,38,47)(H,39,40)(H,41,48)(H,42,43,44,45). The number of anilines is 1. The molecule has 0 saturated heterocycles. The molecular formula is C36H37N9O3. The fraction of sp³-hybridized carbons (Fsp3) is 0.361. The van der Waals surface area contributed by atoms with Crippen molar-refractivity contribution in [2.45, 2.75) is 44.4 Å². The van der Waals surface area contributed by atoms with Gasteiger partial charge in [-0.1, -0.05) is 42.5 Å². The van der Waals surface area contributed by atoms with Crippen LogP contribution in [0.3, 0.4) is 0 Å². The molecule has 9 rings (SSSR count). The van der Waals surface area contributed by atoms with Gasteiger partial charge in [-0.3, -0.25) is 14.4 Å². The van der Waals surface area contributed by atoms with E-state index in [9.17, 15) is 14.4 Å². The summed E-state index contributed by atoms with van der Waals surface area (Å²) in [4.78, 5) is 48.8. The molecule has 244 valence electrons. The molecule has 4 saturated carbocycles. The molecule has 5 N–H and O–H groups in total. The Labute approximate surface area is 276 Å². The highest BCUT2D eigenvalue weighted by Gasteiger charge is 2.50. The molecule has 0 aliphatic heterocycles. The number of hydrogen-bond acceptors (Lipinski definition) is 7. The Hall–Kier alpha value is -5.39. The zero-order valence-corrected chi connectivity index (χ0v) is 26.4. The van der Waals surface area contributed by atoms with E-state index >= 15 is 0 Å². The van der Waals surface area contributed by atoms with Crippen LogP contribution >= 0.6 is 0 Å². The molecule has 4 fully saturated rings. The quantitative estimate of drug-likeness (QED) is 0.145. The first kappa shape index (κ1) is 30.0. The molecule has 5 aromatic rings. The van der Waals surface area contributed by atoms with E-state index in [1.54, 1.807) is 36.7 Å². The molecule has 12 nitrogen and oxygen atoms in total. The summed E-state index contributed by atoms with van der Waals surface area (Å²) >= 11 is 0. The summed E-state index contributed by atoms with van der Waals surface area (Å²) in [5, 5.41) is 23.1. The molecule has 2 heterocycles. The Morgan fingerprint density at radius 2 is 1.58 bits per heavy atom. The predicted octanol–water partition coefficient (Wildman–Crippen LogP) is 4.84. The van der Waals surface area contributed by atoms with Gasteiger partial charge in [0.2, 0.25) is 5.91 Å². The predicted molar refractivity (Wildman–Crippen MR) is 179 cm³/mol. The Morgan fingerprint density at radius 1 is 0.854 bits per heavy atom. The summed E-state index contributed by atoms with van der Waals surface area (Å²) in [6, 6.07) is 19.8. The summed E-state index contributed by atoms with van der Waals surface area (Å²) < 4.78 is 0. The highest BCUT2D eigenvalue weighted by Crippen LogP contribution is 2.59. The van der Waals surface area contributed by atoms with Crippen LogP contribution in [0, 0.1) is 23.2 Å². The van der Waals surface area contributed by atoms with Gasteiger partial charge in [0.1, 0.15) is 0 Å². The number of carbonyl (C=O) groups excluding carboxylic acids is 3. The zero-order valence-electron chi connectivity index (χ0n) is 26.4. The number of benzene rings is 3. The molecule has 4 bridgehead atoms. The van der Waals surface area contributed by atoms with Gasteiger partial charge in [0, 0.05) is 24.3 Å². The van der Waals surface area contributed by atoms with Crippen LogP contribution in [0.1, 0.15) is 70.7 Å². The van der Waals surface area contributed by atoms with E-state index in [0.717, 1.165) is 23.3 Å². The first-order chi connectivity index (χ1) is 23.4. The Balaban J connectivity index is 1.00. The summed E-state index contributed by atoms with van der Waals surface area (Å²) in [5.41, 5.74) is 3.93. The molecule has 3 aromatic carbocycles. The van der Waals surface area contributed by atoms with Crippen LogP contribution in [0.5, 0.6) is 0 Å². The normalized spacial score (nSPS) is 23.1. The van der Waals surface area contributed by atoms with Crippen LogP contribution in [0.2, 0.25) is 0 Å². The minimum absolute atomic E-state index is 0.00727. The highest BCUT2D eigenvalue weighted by molar-refractivity contribution is 6.10. The number of tetrazole rings is 1. The molecule has 2 aromatic heterocycles. The summed E-state index contributed by atoms with van der Waals surface area (Å²) in [6.07, 6.45) is 9.09. The van der Waals surface area contributed by atoms with E-state index < -0.39 is 11.8 Å². The zero-order chi connectivity index (χ0) is 32.7. The Morgan fingerprint density at radius 3 is 2.31 bits per heavy atom. The molecule has 48 heavy (non-hydrogen) atoms. The average molecular weight is 644 g/mol. The lowest BCUT2D eigenvalue weighted by molar-refractivity contribution is -0.117. The number of imidazole rings is 1. The van der Waals surface area contributed by atoms with E-state index in [0.29, 0.717) is 34.7 Å². The summed E-state index contributed by atoms with van der Waals surface area (Å²) in [7, 11) is 0. The van der Waals surface area contributed by atoms with Crippen molar-refractivity contribution in [3.05, 3.63) is 89.7 Å². The van der Waals surface area contributed by atoms with Crippen LogP contribution in [-0.4, -0.2) is 61.4 Å². The Bertz CT molecular complexity index is 1940. The maximum atomic E-state index is 13.9. The van der Waals surface area contributed by atoms with Gasteiger partial charge in [-0.15, -0.1) is 5.10 Å². The number of carbonyl (C=O) groups is 3. The van der Waals surface area contributed by atoms with Crippen molar-refractivity contribution < 1.29 is 14.4 Å². The SMILES string of the molecule is O=C(NCC(C(=O)Nc1cccc(-c2nnn[nH]2)c1)c1ccccc1)c1cc2nc[nH]c2cc1C(=O)NCC12CC3CC(CC(C3)C1)C2. The van der Waals surface area contributed by atoms with Gasteiger partial charge in [0.05, 0.1) is 34.4 Å². The lowest BCUT2D eigenvalue weighted by Gasteiger charge is -2.56. The van der Waals surface area contributed by atoms with Crippen LogP contribution in [0.15, 0.2) is 73.1 Å². The van der Waals surface area contributed by atoms with Gasteiger partial charge in [-0.05, 0) is 102 Å². The number of hydrogen-bond donors (Lipinski definition) is 5. The molecule has 4 aliphatic carbocycles. The van der Waals surface area contributed by atoms with Gasteiger partial charge in [0.25, 0.3) is 11.8 Å². The number of amides is 3. The lowest BCUT2D eigenvalue weighted by Crippen LogP contribution is -2.51. The maximum Gasteiger partial charge on any atom is 0.252 e. The third-order valence-corrected chi connectivity index (χ3v) is 10.6. The third kappa shape index (κ3) is 5.94. The summed E-state index contributed by atoms with van der Waals surface area (Å²) in [6.45, 7) is 0.634. The van der Waals surface area contributed by atoms with E-state index in [-0.39, 0.29) is 34.9 Å². The first-order valence-electron chi connectivity index (χ1n) is 16.6. The van der Waals surface area contributed by atoms with Crippen molar-refractivity contribution in [1.29, 1.82) is 0 Å². The number of nitrogens with zero attached hydrogens (tertiary/aromatic N) is 4. The van der Waals surface area contributed by atoms with Crippen molar-refractivity contribution in [1.82, 2.24) is 41.2 Å². The highest BCUT2D eigenvalue weighted by atomic mass is 16.2. The second-order valence-corrected chi connectivity index (χ2v) is 13.9. The van der Waals surface area contributed by atoms with Gasteiger partial charge in [-0.2, -0.15) is 0 Å². The van der Waals surface area contributed by atoms with Crippen LogP contribution in [0.25, 0.3) is 22.4 Å². The molecule has 0 radical (unpaired) electrons. The van der Waals surface area contributed by atoms with Gasteiger partial charge in [0.15, 0.2) is 5.82 Å². The monoisotopic (exact) mass is 643 g/mol. The van der Waals surface area contributed by atoms with Gasteiger partial charge in [-0.25, -0.2) is 10.1 Å². The van der Waals surface area contributed by atoms with Gasteiger partial charge < -0.3 is 20.9 Å². The van der Waals surface area contributed by atoms with Crippen LogP contribution < -0.4 is 16.0 Å². The largest absolute Gasteiger partial charge is 0.351 e. The number of aromatic nitrogens is 6. The van der Waals surface area contributed by atoms with E-state index in [4.69, 9.17) is 0 Å². The lowest BCUT2D eigenvalue weighted by atomic mass is 9.49. The Kier molecular flexibility index (Phi) is 7.70.